The second-order valence-electron chi connectivity index (χ2n) is 18.0. The highest BCUT2D eigenvalue weighted by atomic mass is 16.7. The number of alkyl carbamates (subject to hydrolysis) is 1. The van der Waals surface area contributed by atoms with Crippen LogP contribution in [0.5, 0.6) is 11.5 Å². The molecule has 2 fully saturated rings. The summed E-state index contributed by atoms with van der Waals surface area (Å²) in [6.07, 6.45) is 2.62. The fourth-order valence-electron chi connectivity index (χ4n) is 9.13. The highest BCUT2D eigenvalue weighted by molar-refractivity contribution is 6.32. The third kappa shape index (κ3) is 10.2. The van der Waals surface area contributed by atoms with E-state index in [9.17, 15) is 39.3 Å². The average Bonchev–Trinajstić information content (AvgIpc) is 3.55. The minimum Gasteiger partial charge on any atom is -0.507 e. The molecule has 1 aliphatic carbocycles. The SMILES string of the molecule is CO[C@H]1/C=C/O[C@@]2(C)Oc3c(C)c(O)c4c(c3C2=O)C(=O)C(N2CCOCC2)=C(NC(=O)/C(C)=C\C=C\[C@H](C)[C@H](O)[C@@H](C)[C@@H](O)[C@@H](C)[C@H](OC(=O)NCCN2CCN(C)CC2)[C@@H]1C)C4=O. The molecule has 18 nitrogen and oxygen atoms in total. The zero-order valence-electron chi connectivity index (χ0n) is 38.8. The van der Waals surface area contributed by atoms with Crippen LogP contribution >= 0.6 is 0 Å². The number of nitrogens with zero attached hydrogens (tertiary/aromatic N) is 3. The normalized spacial score (nSPS) is 32.8. The number of ether oxygens (including phenoxy) is 5. The summed E-state index contributed by atoms with van der Waals surface area (Å²) in [6.45, 7) is 16.6. The van der Waals surface area contributed by atoms with Crippen LogP contribution in [0.4, 0.5) is 4.79 Å². The lowest BCUT2D eigenvalue weighted by atomic mass is 9.78. The molecule has 5 bridgehead atoms. The van der Waals surface area contributed by atoms with Gasteiger partial charge in [-0.2, -0.15) is 0 Å². The van der Waals surface area contributed by atoms with Crippen molar-refractivity contribution in [3.63, 3.8) is 0 Å². The lowest BCUT2D eigenvalue weighted by Crippen LogP contribution is -2.49. The third-order valence-electron chi connectivity index (χ3n) is 13.5. The van der Waals surface area contributed by atoms with Gasteiger partial charge >= 0.3 is 11.9 Å². The van der Waals surface area contributed by atoms with E-state index in [1.165, 1.54) is 46.3 Å². The summed E-state index contributed by atoms with van der Waals surface area (Å²) < 4.78 is 29.6. The molecular weight excluding hydrogens is 843 g/mol. The Balaban J connectivity index is 1.38. The molecule has 0 radical (unpaired) electrons. The molecule has 65 heavy (non-hydrogen) atoms. The summed E-state index contributed by atoms with van der Waals surface area (Å²) >= 11 is 0. The number of Topliss-reactive ketones (excluding diaryl/α,β-unsaturated/α-hetero) is 3. The van der Waals surface area contributed by atoms with Crippen LogP contribution in [0.1, 0.15) is 78.2 Å². The summed E-state index contributed by atoms with van der Waals surface area (Å²) in [6, 6.07) is 0. The number of aromatic hydroxyl groups is 1. The van der Waals surface area contributed by atoms with Gasteiger partial charge in [0.25, 0.3) is 11.7 Å². The molecule has 1 aromatic carbocycles. The number of ketones is 3. The number of phenolic OH excluding ortho intramolecular Hbond substituents is 1. The zero-order chi connectivity index (χ0) is 47.5. The van der Waals surface area contributed by atoms with Gasteiger partial charge in [-0.3, -0.25) is 24.1 Å². The van der Waals surface area contributed by atoms with Crippen molar-refractivity contribution in [2.24, 2.45) is 23.7 Å². The van der Waals surface area contributed by atoms with Crippen molar-refractivity contribution >= 4 is 29.4 Å². The van der Waals surface area contributed by atoms with E-state index in [1.54, 1.807) is 44.7 Å². The molecule has 356 valence electrons. The number of carbonyl (C=O) groups is 5. The lowest BCUT2D eigenvalue weighted by Gasteiger charge is -2.38. The Labute approximate surface area is 380 Å². The molecule has 6 aliphatic rings. The number of aliphatic hydroxyl groups is 2. The van der Waals surface area contributed by atoms with Crippen molar-refractivity contribution < 1.29 is 63.0 Å². The van der Waals surface area contributed by atoms with Crippen LogP contribution in [0.15, 0.2) is 47.5 Å². The number of morpholine rings is 1. The Morgan fingerprint density at radius 2 is 1.58 bits per heavy atom. The molecule has 0 saturated carbocycles. The highest BCUT2D eigenvalue weighted by Gasteiger charge is 2.53. The quantitative estimate of drug-likeness (QED) is 0.277. The van der Waals surface area contributed by atoms with E-state index in [1.807, 2.05) is 0 Å². The van der Waals surface area contributed by atoms with Gasteiger partial charge in [0, 0.05) is 101 Å². The average molecular weight is 908 g/mol. The van der Waals surface area contributed by atoms with Crippen LogP contribution in [-0.4, -0.2) is 169 Å². The smallest absolute Gasteiger partial charge is 0.407 e. The number of likely N-dealkylation sites (N-methyl/N-ethyl adjacent to an activating group) is 1. The van der Waals surface area contributed by atoms with E-state index >= 15 is 0 Å². The predicted octanol–water partition coefficient (Wildman–Crippen LogP) is 2.70. The summed E-state index contributed by atoms with van der Waals surface area (Å²) in [5.74, 6) is -8.70. The zero-order valence-corrected chi connectivity index (χ0v) is 38.8. The van der Waals surface area contributed by atoms with Gasteiger partial charge in [-0.15, -0.1) is 0 Å². The van der Waals surface area contributed by atoms with Crippen molar-refractivity contribution in [2.75, 3.05) is 79.7 Å². The molecule has 2 amide bonds. The minimum absolute atomic E-state index is 0.0000556. The summed E-state index contributed by atoms with van der Waals surface area (Å²) in [5, 5.41) is 40.4. The molecule has 0 unspecified atom stereocenters. The second kappa shape index (κ2) is 20.6. The van der Waals surface area contributed by atoms with E-state index in [0.29, 0.717) is 13.1 Å². The first-order valence-corrected chi connectivity index (χ1v) is 22.4. The second-order valence-corrected chi connectivity index (χ2v) is 18.0. The first kappa shape index (κ1) is 49.3. The van der Waals surface area contributed by atoms with E-state index in [2.05, 4.69) is 27.5 Å². The number of amides is 2. The molecule has 7 rings (SSSR count). The number of piperazine rings is 1. The monoisotopic (exact) mass is 907 g/mol. The van der Waals surface area contributed by atoms with Gasteiger partial charge in [0.1, 0.15) is 29.0 Å². The molecule has 5 heterocycles. The Morgan fingerprint density at radius 1 is 0.908 bits per heavy atom. The first-order chi connectivity index (χ1) is 30.8. The van der Waals surface area contributed by atoms with Crippen molar-refractivity contribution in [1.29, 1.82) is 0 Å². The van der Waals surface area contributed by atoms with Gasteiger partial charge in [0.05, 0.1) is 54.5 Å². The number of benzene rings is 1. The van der Waals surface area contributed by atoms with E-state index < -0.39 is 94.5 Å². The van der Waals surface area contributed by atoms with Crippen molar-refractivity contribution in [3.05, 3.63) is 69.8 Å². The number of hydrogen-bond acceptors (Lipinski definition) is 16. The number of rotatable bonds is 6. The number of phenols is 1. The lowest BCUT2D eigenvalue weighted by molar-refractivity contribution is -0.116. The van der Waals surface area contributed by atoms with E-state index in [4.69, 9.17) is 23.7 Å². The van der Waals surface area contributed by atoms with Gasteiger partial charge in [-0.05, 0) is 27.0 Å². The standard InChI is InChI=1S/C47H65N5O13/c1-25-11-10-12-26(2)45(59)49-35-36(52-20-23-62-24-21-52)41(57)32-33(40(35)56)39(55)30(6)43-34(32)44(58)47(7,65-43)63-22-13-31(61-9)27(3)42(29(5)38(54)28(4)37(25)53)64-46(60)48-14-15-51-18-16-50(8)17-19-51/h10-13,22,25,27-29,31,37-38,42,53-55H,14-21,23-24H2,1-9H3,(H,48,60)(H,49,59)/b11-10+,22-13+,26-12-/t25-,27+,28+,29+,31-,37-,38+,42+,47-/m0/s1. The van der Waals surface area contributed by atoms with Crippen LogP contribution in [0.3, 0.4) is 0 Å². The molecule has 0 aromatic heterocycles. The largest absolute Gasteiger partial charge is 0.507 e. The van der Waals surface area contributed by atoms with Crippen molar-refractivity contribution in [1.82, 2.24) is 25.3 Å². The first-order valence-electron chi connectivity index (χ1n) is 22.4. The molecule has 2 saturated heterocycles. The predicted molar refractivity (Wildman–Crippen MR) is 237 cm³/mol. The van der Waals surface area contributed by atoms with E-state index in [-0.39, 0.29) is 65.7 Å². The van der Waals surface area contributed by atoms with Crippen LogP contribution in [0.2, 0.25) is 0 Å². The van der Waals surface area contributed by atoms with Gasteiger partial charge in [-0.25, -0.2) is 4.79 Å². The topological polar surface area (TPSA) is 226 Å². The van der Waals surface area contributed by atoms with Crippen LogP contribution in [0, 0.1) is 30.6 Å². The number of hydrogen-bond donors (Lipinski definition) is 5. The summed E-state index contributed by atoms with van der Waals surface area (Å²) in [5.41, 5.74) is -1.48. The molecule has 5 aliphatic heterocycles. The van der Waals surface area contributed by atoms with Gasteiger partial charge in [-0.1, -0.05) is 45.9 Å². The summed E-state index contributed by atoms with van der Waals surface area (Å²) in [7, 11) is 3.51. The van der Waals surface area contributed by atoms with Crippen LogP contribution < -0.4 is 15.4 Å². The number of methoxy groups -OCH3 is 1. The van der Waals surface area contributed by atoms with Gasteiger partial charge < -0.3 is 59.4 Å². The maximum absolute atomic E-state index is 14.8. The highest BCUT2D eigenvalue weighted by Crippen LogP contribution is 2.49. The molecule has 1 aromatic rings. The van der Waals surface area contributed by atoms with Crippen LogP contribution in [-0.2, 0) is 23.7 Å². The fraction of sp³-hybridized carbons (Fsp3) is 0.596. The number of nitrogens with one attached hydrogen (secondary N) is 2. The summed E-state index contributed by atoms with van der Waals surface area (Å²) in [4.78, 5) is 77.2. The third-order valence-corrected chi connectivity index (χ3v) is 13.5. The number of fused-ring (bicyclic) bond motifs is 14. The number of carbonyl (C=O) groups excluding carboxylic acids is 5. The van der Waals surface area contributed by atoms with E-state index in [0.717, 1.165) is 26.2 Å². The molecule has 5 N–H and O–H groups in total. The van der Waals surface area contributed by atoms with Gasteiger partial charge in [0.2, 0.25) is 11.6 Å². The number of allylic oxidation sites excluding steroid dienone is 4. The van der Waals surface area contributed by atoms with Gasteiger partial charge in [0.15, 0.2) is 0 Å². The maximum Gasteiger partial charge on any atom is 0.407 e. The Morgan fingerprint density at radius 3 is 2.25 bits per heavy atom. The molecular formula is C47H65N5O13. The minimum atomic E-state index is -2.10. The molecule has 18 heteroatoms. The Bertz CT molecular complexity index is 2140. The fourth-order valence-corrected chi connectivity index (χ4v) is 9.13. The Kier molecular flexibility index (Phi) is 15.6. The van der Waals surface area contributed by atoms with Crippen LogP contribution in [0.25, 0.3) is 0 Å². The molecule has 0 spiro atoms. The van der Waals surface area contributed by atoms with Crippen molar-refractivity contribution in [2.45, 2.75) is 78.7 Å². The maximum atomic E-state index is 14.8. The van der Waals surface area contributed by atoms with Crippen molar-refractivity contribution in [3.8, 4) is 11.5 Å². The molecule has 9 atom stereocenters. The number of aliphatic hydroxyl groups excluding tert-OH is 2. The Hall–Kier alpha value is -5.11.